The second-order valence-corrected chi connectivity index (χ2v) is 4.17. The van der Waals surface area contributed by atoms with E-state index in [2.05, 4.69) is 4.98 Å². The van der Waals surface area contributed by atoms with Crippen molar-refractivity contribution in [2.45, 2.75) is 19.9 Å². The van der Waals surface area contributed by atoms with Crippen molar-refractivity contribution in [2.24, 2.45) is 0 Å². The van der Waals surface area contributed by atoms with Gasteiger partial charge in [-0.05, 0) is 20.9 Å². The van der Waals surface area contributed by atoms with E-state index in [4.69, 9.17) is 5.11 Å². The maximum atomic E-state index is 10.5. The lowest BCUT2D eigenvalue weighted by Crippen LogP contribution is -2.28. The summed E-state index contributed by atoms with van der Waals surface area (Å²) < 4.78 is 0. The highest BCUT2D eigenvalue weighted by atomic mass is 32.1. The number of aliphatic carboxylic acids is 1. The first kappa shape index (κ1) is 11.1. The molecule has 0 aliphatic carbocycles. The van der Waals surface area contributed by atoms with Gasteiger partial charge < -0.3 is 5.11 Å². The van der Waals surface area contributed by atoms with E-state index in [0.29, 0.717) is 0 Å². The molecule has 1 aromatic heterocycles. The Morgan fingerprint density at radius 3 is 2.86 bits per heavy atom. The number of thiazole rings is 1. The molecule has 1 unspecified atom stereocenters. The fourth-order valence-electron chi connectivity index (χ4n) is 1.26. The van der Waals surface area contributed by atoms with Gasteiger partial charge in [0.25, 0.3) is 0 Å². The van der Waals surface area contributed by atoms with Gasteiger partial charge in [-0.3, -0.25) is 9.69 Å². The molecular weight excluding hydrogens is 200 g/mol. The van der Waals surface area contributed by atoms with Crippen molar-refractivity contribution in [1.82, 2.24) is 9.88 Å². The summed E-state index contributed by atoms with van der Waals surface area (Å²) in [5.74, 6) is -0.804. The average Bonchev–Trinajstić information content (AvgIpc) is 2.48. The first-order valence-corrected chi connectivity index (χ1v) is 5.22. The van der Waals surface area contributed by atoms with E-state index in [1.54, 1.807) is 28.8 Å². The number of aromatic nitrogens is 1. The van der Waals surface area contributed by atoms with E-state index in [-0.39, 0.29) is 12.6 Å². The van der Waals surface area contributed by atoms with Crippen LogP contribution < -0.4 is 0 Å². The topological polar surface area (TPSA) is 53.4 Å². The van der Waals surface area contributed by atoms with Crippen molar-refractivity contribution < 1.29 is 9.90 Å². The molecule has 0 saturated heterocycles. The fraction of sp³-hybridized carbons (Fsp3) is 0.556. The first-order chi connectivity index (χ1) is 6.52. The van der Waals surface area contributed by atoms with Crippen LogP contribution in [0.3, 0.4) is 0 Å². The Balaban J connectivity index is 2.70. The van der Waals surface area contributed by atoms with Gasteiger partial charge >= 0.3 is 5.97 Å². The number of carboxylic acids is 1. The van der Waals surface area contributed by atoms with Gasteiger partial charge in [0.1, 0.15) is 0 Å². The van der Waals surface area contributed by atoms with Gasteiger partial charge in [-0.15, -0.1) is 11.3 Å². The Morgan fingerprint density at radius 1 is 1.79 bits per heavy atom. The molecule has 78 valence electrons. The van der Waals surface area contributed by atoms with Crippen LogP contribution in [0.5, 0.6) is 0 Å². The molecule has 0 fully saturated rings. The molecule has 1 N–H and O–H groups in total. The van der Waals surface area contributed by atoms with Crippen molar-refractivity contribution in [3.05, 3.63) is 16.1 Å². The highest BCUT2D eigenvalue weighted by Gasteiger charge is 2.17. The molecule has 0 saturated carbocycles. The largest absolute Gasteiger partial charge is 0.480 e. The maximum absolute atomic E-state index is 10.5. The summed E-state index contributed by atoms with van der Waals surface area (Å²) in [6.07, 6.45) is 0. The minimum absolute atomic E-state index is 0.0541. The van der Waals surface area contributed by atoms with Crippen molar-refractivity contribution in [1.29, 1.82) is 0 Å². The van der Waals surface area contributed by atoms with Gasteiger partial charge in [0.2, 0.25) is 0 Å². The predicted octanol–water partition coefficient (Wildman–Crippen LogP) is 1.53. The zero-order valence-corrected chi connectivity index (χ0v) is 9.34. The number of rotatable bonds is 4. The summed E-state index contributed by atoms with van der Waals surface area (Å²) in [6.45, 7) is 3.99. The first-order valence-electron chi connectivity index (χ1n) is 4.34. The van der Waals surface area contributed by atoms with Gasteiger partial charge in [0.05, 0.1) is 17.7 Å². The van der Waals surface area contributed by atoms with E-state index in [0.717, 1.165) is 10.6 Å². The lowest BCUT2D eigenvalue weighted by molar-refractivity contribution is -0.138. The minimum Gasteiger partial charge on any atom is -0.480 e. The van der Waals surface area contributed by atoms with Gasteiger partial charge in [-0.1, -0.05) is 0 Å². The summed E-state index contributed by atoms with van der Waals surface area (Å²) in [5.41, 5.74) is 2.77. The molecular formula is C9H14N2O2S. The molecule has 1 aromatic rings. The summed E-state index contributed by atoms with van der Waals surface area (Å²) in [6, 6.07) is 0.110. The molecule has 0 bridgehead atoms. The number of nitrogens with zero attached hydrogens (tertiary/aromatic N) is 2. The molecule has 0 aliphatic heterocycles. The molecule has 5 heteroatoms. The highest BCUT2D eigenvalue weighted by molar-refractivity contribution is 7.09. The Labute approximate surface area is 87.2 Å². The van der Waals surface area contributed by atoms with Crippen LogP contribution in [0.4, 0.5) is 0 Å². The molecule has 4 nitrogen and oxygen atoms in total. The number of likely N-dealkylation sites (N-methyl/N-ethyl adjacent to an activating group) is 1. The minimum atomic E-state index is -0.804. The van der Waals surface area contributed by atoms with E-state index >= 15 is 0 Å². The molecule has 14 heavy (non-hydrogen) atoms. The molecule has 1 heterocycles. The van der Waals surface area contributed by atoms with E-state index in [9.17, 15) is 4.79 Å². The quantitative estimate of drug-likeness (QED) is 0.825. The fourth-order valence-corrected chi connectivity index (χ4v) is 2.19. The molecule has 1 rings (SSSR count). The summed E-state index contributed by atoms with van der Waals surface area (Å²) in [5, 5.41) is 8.65. The molecule has 0 aliphatic rings. The number of hydrogen-bond acceptors (Lipinski definition) is 4. The second kappa shape index (κ2) is 4.52. The van der Waals surface area contributed by atoms with Crippen molar-refractivity contribution in [2.75, 3.05) is 13.6 Å². The Bertz CT molecular complexity index is 324. The highest BCUT2D eigenvalue weighted by Crippen LogP contribution is 2.25. The third kappa shape index (κ3) is 2.52. The molecule has 0 spiro atoms. The second-order valence-electron chi connectivity index (χ2n) is 3.29. The van der Waals surface area contributed by atoms with Crippen LogP contribution in [0, 0.1) is 6.92 Å². The SMILES string of the molecule is Cc1ncsc1C(C)N(C)CC(=O)O. The Morgan fingerprint density at radius 2 is 2.43 bits per heavy atom. The monoisotopic (exact) mass is 214 g/mol. The third-order valence-electron chi connectivity index (χ3n) is 2.21. The standard InChI is InChI=1S/C9H14N2O2S/c1-6-9(14-5-10-6)7(2)11(3)4-8(12)13/h5,7H,4H2,1-3H3,(H,12,13). The van der Waals surface area contributed by atoms with Crippen LogP contribution in [-0.2, 0) is 4.79 Å². The smallest absolute Gasteiger partial charge is 0.317 e. The van der Waals surface area contributed by atoms with E-state index in [1.165, 1.54) is 0 Å². The van der Waals surface area contributed by atoms with E-state index in [1.807, 2.05) is 13.8 Å². The van der Waals surface area contributed by atoms with Crippen LogP contribution in [0.25, 0.3) is 0 Å². The number of hydrogen-bond donors (Lipinski definition) is 1. The predicted molar refractivity (Wildman–Crippen MR) is 55.5 cm³/mol. The normalized spacial score (nSPS) is 13.1. The van der Waals surface area contributed by atoms with Gasteiger partial charge in [0.15, 0.2) is 0 Å². The van der Waals surface area contributed by atoms with Crippen LogP contribution in [0.15, 0.2) is 5.51 Å². The summed E-state index contributed by atoms with van der Waals surface area (Å²) in [7, 11) is 1.80. The average molecular weight is 214 g/mol. The summed E-state index contributed by atoms with van der Waals surface area (Å²) in [4.78, 5) is 17.6. The van der Waals surface area contributed by atoms with Crippen LogP contribution >= 0.6 is 11.3 Å². The van der Waals surface area contributed by atoms with Crippen molar-refractivity contribution in [3.63, 3.8) is 0 Å². The summed E-state index contributed by atoms with van der Waals surface area (Å²) >= 11 is 1.57. The van der Waals surface area contributed by atoms with Crippen LogP contribution in [0.1, 0.15) is 23.5 Å². The van der Waals surface area contributed by atoms with Crippen molar-refractivity contribution >= 4 is 17.3 Å². The molecule has 0 radical (unpaired) electrons. The van der Waals surface area contributed by atoms with Gasteiger partial charge in [0, 0.05) is 10.9 Å². The zero-order valence-electron chi connectivity index (χ0n) is 8.52. The third-order valence-corrected chi connectivity index (χ3v) is 3.31. The van der Waals surface area contributed by atoms with Gasteiger partial charge in [-0.25, -0.2) is 4.98 Å². The Hall–Kier alpha value is -0.940. The lowest BCUT2D eigenvalue weighted by atomic mass is 10.2. The molecule has 1 atom stereocenters. The van der Waals surface area contributed by atoms with Gasteiger partial charge in [-0.2, -0.15) is 0 Å². The van der Waals surface area contributed by atoms with Crippen molar-refractivity contribution in [3.8, 4) is 0 Å². The molecule has 0 amide bonds. The van der Waals surface area contributed by atoms with E-state index < -0.39 is 5.97 Å². The van der Waals surface area contributed by atoms with Crippen LogP contribution in [-0.4, -0.2) is 34.6 Å². The lowest BCUT2D eigenvalue weighted by Gasteiger charge is -2.21. The number of aryl methyl sites for hydroxylation is 1. The van der Waals surface area contributed by atoms with Crippen LogP contribution in [0.2, 0.25) is 0 Å². The maximum Gasteiger partial charge on any atom is 0.317 e. The zero-order chi connectivity index (χ0) is 10.7. The Kier molecular flexibility index (Phi) is 3.60. The molecule has 0 aromatic carbocycles. The number of carboxylic acid groups (broad SMARTS) is 1. The number of carbonyl (C=O) groups is 1.